The summed E-state index contributed by atoms with van der Waals surface area (Å²) >= 11 is 6.02. The van der Waals surface area contributed by atoms with Gasteiger partial charge in [-0.25, -0.2) is 5.43 Å². The molecule has 36 heavy (non-hydrogen) atoms. The normalized spacial score (nSPS) is 10.4. The third-order valence-corrected chi connectivity index (χ3v) is 4.97. The van der Waals surface area contributed by atoms with E-state index < -0.39 is 11.8 Å². The topological polar surface area (TPSA) is 127 Å². The Hall–Kier alpha value is -4.57. The molecular formula is C25H23ClN4O6. The van der Waals surface area contributed by atoms with E-state index >= 15 is 0 Å². The number of nitrogens with zero attached hydrogens (tertiary/aromatic N) is 1. The number of nitrogens with one attached hydrogen (secondary N) is 3. The van der Waals surface area contributed by atoms with E-state index in [2.05, 4.69) is 21.2 Å². The first-order valence-corrected chi connectivity index (χ1v) is 10.9. The first kappa shape index (κ1) is 26.0. The number of hydrogen-bond acceptors (Lipinski definition) is 7. The average Bonchev–Trinajstić information content (AvgIpc) is 2.89. The fraction of sp³-hybridized carbons (Fsp3) is 0.120. The molecule has 0 bridgehead atoms. The van der Waals surface area contributed by atoms with Crippen LogP contribution in [0.15, 0.2) is 71.8 Å². The summed E-state index contributed by atoms with van der Waals surface area (Å²) in [5.41, 5.74) is 3.55. The van der Waals surface area contributed by atoms with E-state index in [4.69, 9.17) is 25.8 Å². The number of hydrazone groups is 1. The number of methoxy groups -OCH3 is 2. The van der Waals surface area contributed by atoms with Gasteiger partial charge in [-0.3, -0.25) is 14.4 Å². The van der Waals surface area contributed by atoms with Crippen molar-refractivity contribution in [3.63, 3.8) is 0 Å². The molecule has 10 nitrogen and oxygen atoms in total. The Kier molecular flexibility index (Phi) is 9.24. The van der Waals surface area contributed by atoms with Crippen molar-refractivity contribution < 1.29 is 28.6 Å². The Morgan fingerprint density at radius 3 is 2.28 bits per heavy atom. The number of anilines is 2. The number of halogens is 1. The number of hydrogen-bond donors (Lipinski definition) is 3. The molecule has 11 heteroatoms. The molecule has 3 aromatic rings. The molecule has 3 aromatic carbocycles. The second-order valence-corrected chi connectivity index (χ2v) is 7.51. The number of amides is 3. The summed E-state index contributed by atoms with van der Waals surface area (Å²) in [6.07, 6.45) is 1.35. The number of para-hydroxylation sites is 1. The van der Waals surface area contributed by atoms with Crippen LogP contribution in [-0.2, 0) is 14.4 Å². The molecule has 0 aliphatic heterocycles. The smallest absolute Gasteiger partial charge is 0.329 e. The van der Waals surface area contributed by atoms with E-state index in [0.29, 0.717) is 33.5 Å². The van der Waals surface area contributed by atoms with Gasteiger partial charge in [0.15, 0.2) is 6.61 Å². The summed E-state index contributed by atoms with van der Waals surface area (Å²) in [7, 11) is 2.92. The van der Waals surface area contributed by atoms with Gasteiger partial charge in [-0.15, -0.1) is 0 Å². The number of benzene rings is 3. The third kappa shape index (κ3) is 7.47. The van der Waals surface area contributed by atoms with E-state index in [0.717, 1.165) is 0 Å². The fourth-order valence-electron chi connectivity index (χ4n) is 2.85. The molecule has 0 fully saturated rings. The highest BCUT2D eigenvalue weighted by atomic mass is 35.5. The van der Waals surface area contributed by atoms with Crippen LogP contribution < -0.4 is 30.3 Å². The Morgan fingerprint density at radius 2 is 1.58 bits per heavy atom. The van der Waals surface area contributed by atoms with Crippen molar-refractivity contribution in [2.75, 3.05) is 31.5 Å². The maximum atomic E-state index is 12.2. The lowest BCUT2D eigenvalue weighted by Gasteiger charge is -2.11. The van der Waals surface area contributed by atoms with Crippen LogP contribution in [0, 0.1) is 0 Å². The summed E-state index contributed by atoms with van der Waals surface area (Å²) < 4.78 is 15.7. The molecule has 0 unspecified atom stereocenters. The molecule has 0 saturated carbocycles. The average molecular weight is 511 g/mol. The van der Waals surface area contributed by atoms with Crippen LogP contribution in [0.5, 0.6) is 17.2 Å². The van der Waals surface area contributed by atoms with Gasteiger partial charge in [-0.1, -0.05) is 23.7 Å². The molecule has 0 aliphatic carbocycles. The first-order chi connectivity index (χ1) is 17.4. The zero-order valence-electron chi connectivity index (χ0n) is 19.4. The van der Waals surface area contributed by atoms with Crippen molar-refractivity contribution in [3.8, 4) is 17.2 Å². The lowest BCUT2D eigenvalue weighted by molar-refractivity contribution is -0.136. The molecule has 0 radical (unpaired) electrons. The van der Waals surface area contributed by atoms with Crippen molar-refractivity contribution in [2.24, 2.45) is 5.10 Å². The summed E-state index contributed by atoms with van der Waals surface area (Å²) in [5.74, 6) is -0.959. The minimum Gasteiger partial charge on any atom is -0.497 e. The number of rotatable bonds is 9. The summed E-state index contributed by atoms with van der Waals surface area (Å²) in [4.78, 5) is 36.3. The molecule has 3 N–H and O–H groups in total. The van der Waals surface area contributed by atoms with Gasteiger partial charge in [0.25, 0.3) is 5.91 Å². The quantitative estimate of drug-likeness (QED) is 0.230. The molecule has 0 saturated heterocycles. The number of carbonyl (C=O) groups excluding carboxylic acids is 3. The maximum absolute atomic E-state index is 12.2. The Morgan fingerprint density at radius 1 is 0.861 bits per heavy atom. The monoisotopic (exact) mass is 510 g/mol. The second kappa shape index (κ2) is 12.8. The Balaban J connectivity index is 1.47. The van der Waals surface area contributed by atoms with Gasteiger partial charge in [0.05, 0.1) is 36.8 Å². The van der Waals surface area contributed by atoms with Crippen LogP contribution >= 0.6 is 11.6 Å². The second-order valence-electron chi connectivity index (χ2n) is 7.11. The third-order valence-electron chi connectivity index (χ3n) is 4.64. The van der Waals surface area contributed by atoms with Crippen LogP contribution in [0.25, 0.3) is 0 Å². The molecule has 0 aromatic heterocycles. The van der Waals surface area contributed by atoms with E-state index in [1.807, 2.05) is 0 Å². The number of carbonyl (C=O) groups is 3. The summed E-state index contributed by atoms with van der Waals surface area (Å²) in [6, 6.07) is 18.3. The predicted octanol–water partition coefficient (Wildman–Crippen LogP) is 3.46. The Labute approximate surface area is 212 Å². The van der Waals surface area contributed by atoms with Gasteiger partial charge in [0.1, 0.15) is 17.2 Å². The van der Waals surface area contributed by atoms with Gasteiger partial charge in [0.2, 0.25) is 0 Å². The highest BCUT2D eigenvalue weighted by Gasteiger charge is 2.16. The highest BCUT2D eigenvalue weighted by Crippen LogP contribution is 2.28. The van der Waals surface area contributed by atoms with Crippen LogP contribution in [-0.4, -0.2) is 44.8 Å². The molecule has 0 atom stereocenters. The van der Waals surface area contributed by atoms with Crippen LogP contribution in [0.4, 0.5) is 11.4 Å². The van der Waals surface area contributed by atoms with Gasteiger partial charge < -0.3 is 24.8 Å². The molecule has 3 rings (SSSR count). The van der Waals surface area contributed by atoms with Crippen molar-refractivity contribution in [1.82, 2.24) is 5.43 Å². The van der Waals surface area contributed by atoms with E-state index in [1.165, 1.54) is 26.5 Å². The molecule has 0 heterocycles. The minimum atomic E-state index is -0.972. The molecule has 186 valence electrons. The van der Waals surface area contributed by atoms with Crippen molar-refractivity contribution in [1.29, 1.82) is 0 Å². The summed E-state index contributed by atoms with van der Waals surface area (Å²) in [5, 5.41) is 9.32. The maximum Gasteiger partial charge on any atom is 0.329 e. The highest BCUT2D eigenvalue weighted by molar-refractivity contribution is 6.39. The van der Waals surface area contributed by atoms with Crippen molar-refractivity contribution >= 4 is 46.9 Å². The van der Waals surface area contributed by atoms with Crippen LogP contribution in [0.2, 0.25) is 5.02 Å². The van der Waals surface area contributed by atoms with Crippen LogP contribution in [0.1, 0.15) is 5.56 Å². The minimum absolute atomic E-state index is 0.206. The van der Waals surface area contributed by atoms with E-state index in [9.17, 15) is 14.4 Å². The fourth-order valence-corrected chi connectivity index (χ4v) is 3.04. The standard InChI is InChI=1S/C25H23ClN4O6/c1-34-18-11-12-22(35-2)21(13-18)29-24(32)25(33)30-27-14-16-7-9-17(10-8-16)36-15-23(31)28-20-6-4-3-5-19(20)26/h3-14H,15H2,1-2H3,(H,28,31)(H,29,32)(H,30,33)/b27-14-. The lowest BCUT2D eigenvalue weighted by Crippen LogP contribution is -2.32. The Bertz CT molecular complexity index is 1260. The van der Waals surface area contributed by atoms with Gasteiger partial charge in [-0.2, -0.15) is 5.10 Å². The number of ether oxygens (including phenoxy) is 3. The van der Waals surface area contributed by atoms with E-state index in [1.54, 1.807) is 60.7 Å². The predicted molar refractivity (Wildman–Crippen MR) is 136 cm³/mol. The van der Waals surface area contributed by atoms with Gasteiger partial charge in [0, 0.05) is 6.07 Å². The van der Waals surface area contributed by atoms with Gasteiger partial charge in [-0.05, 0) is 54.1 Å². The SMILES string of the molecule is COc1ccc(OC)c(NC(=O)C(=O)N/N=C\c2ccc(OCC(=O)Nc3ccccc3Cl)cc2)c1. The first-order valence-electron chi connectivity index (χ1n) is 10.5. The molecule has 0 aliphatic rings. The molecular weight excluding hydrogens is 488 g/mol. The van der Waals surface area contributed by atoms with Crippen molar-refractivity contribution in [2.45, 2.75) is 0 Å². The van der Waals surface area contributed by atoms with Crippen LogP contribution in [0.3, 0.4) is 0 Å². The van der Waals surface area contributed by atoms with Gasteiger partial charge >= 0.3 is 11.8 Å². The van der Waals surface area contributed by atoms with E-state index in [-0.39, 0.29) is 18.2 Å². The lowest BCUT2D eigenvalue weighted by atomic mass is 10.2. The van der Waals surface area contributed by atoms with Crippen molar-refractivity contribution in [3.05, 3.63) is 77.3 Å². The summed E-state index contributed by atoms with van der Waals surface area (Å²) in [6.45, 7) is -0.206. The molecule has 3 amide bonds. The zero-order chi connectivity index (χ0) is 25.9. The zero-order valence-corrected chi connectivity index (χ0v) is 20.2. The largest absolute Gasteiger partial charge is 0.497 e. The molecule has 0 spiro atoms.